The molecule has 1 aliphatic rings. The van der Waals surface area contributed by atoms with E-state index in [4.69, 9.17) is 0 Å². The topological polar surface area (TPSA) is 41.1 Å². The van der Waals surface area contributed by atoms with Crippen molar-refractivity contribution in [2.24, 2.45) is 0 Å². The Bertz CT molecular complexity index is 458. The third-order valence-electron chi connectivity index (χ3n) is 4.82. The molecule has 0 aliphatic carbocycles. The van der Waals surface area contributed by atoms with Crippen molar-refractivity contribution in [3.05, 3.63) is 35.4 Å². The van der Waals surface area contributed by atoms with Crippen LogP contribution in [0.2, 0.25) is 0 Å². The number of hydrogen-bond donors (Lipinski definition) is 2. The normalized spacial score (nSPS) is 18.4. The molecule has 3 heteroatoms. The highest BCUT2D eigenvalue weighted by Gasteiger charge is 2.30. The van der Waals surface area contributed by atoms with E-state index in [0.717, 1.165) is 32.2 Å². The van der Waals surface area contributed by atoms with Gasteiger partial charge in [0.05, 0.1) is 6.04 Å². The van der Waals surface area contributed by atoms with E-state index < -0.39 is 0 Å². The van der Waals surface area contributed by atoms with Gasteiger partial charge in [-0.2, -0.15) is 0 Å². The van der Waals surface area contributed by atoms with Gasteiger partial charge in [0.1, 0.15) is 0 Å². The van der Waals surface area contributed by atoms with Gasteiger partial charge >= 0.3 is 0 Å². The van der Waals surface area contributed by atoms with Crippen LogP contribution in [0.5, 0.6) is 0 Å². The minimum Gasteiger partial charge on any atom is -0.349 e. The Balaban J connectivity index is 2.05. The number of hydrogen-bond acceptors (Lipinski definition) is 2. The van der Waals surface area contributed by atoms with Gasteiger partial charge in [0.25, 0.3) is 0 Å². The lowest BCUT2D eigenvalue weighted by Crippen LogP contribution is -2.55. The maximum atomic E-state index is 12.5. The van der Waals surface area contributed by atoms with E-state index in [-0.39, 0.29) is 17.5 Å². The van der Waals surface area contributed by atoms with Gasteiger partial charge in [-0.25, -0.2) is 0 Å². The van der Waals surface area contributed by atoms with Gasteiger partial charge in [0, 0.05) is 12.1 Å². The van der Waals surface area contributed by atoms with Crippen molar-refractivity contribution in [1.82, 2.24) is 10.6 Å². The first-order valence-electron chi connectivity index (χ1n) is 7.76. The molecular weight excluding hydrogens is 248 g/mol. The summed E-state index contributed by atoms with van der Waals surface area (Å²) in [4.78, 5) is 12.5. The molecule has 1 aliphatic heterocycles. The molecule has 3 nitrogen and oxygen atoms in total. The van der Waals surface area contributed by atoms with Crippen LogP contribution in [-0.4, -0.2) is 17.5 Å². The lowest BCUT2D eigenvalue weighted by Gasteiger charge is -2.35. The first kappa shape index (κ1) is 15.0. The van der Waals surface area contributed by atoms with Gasteiger partial charge in [-0.3, -0.25) is 4.79 Å². The number of benzene rings is 1. The van der Waals surface area contributed by atoms with E-state index in [1.54, 1.807) is 0 Å². The Hall–Kier alpha value is -1.35. The first-order valence-corrected chi connectivity index (χ1v) is 7.76. The van der Waals surface area contributed by atoms with Crippen LogP contribution >= 0.6 is 0 Å². The predicted molar refractivity (Wildman–Crippen MR) is 82.5 cm³/mol. The molecule has 2 N–H and O–H groups in total. The second-order valence-electron chi connectivity index (χ2n) is 5.74. The van der Waals surface area contributed by atoms with E-state index in [1.807, 2.05) is 6.07 Å². The SMILES string of the molecule is CCC(CC)(CC)NC(=O)[C@H]1Cc2ccccc2CN1. The Morgan fingerprint density at radius 3 is 2.40 bits per heavy atom. The molecule has 0 bridgehead atoms. The molecule has 0 aromatic heterocycles. The van der Waals surface area contributed by atoms with Gasteiger partial charge in [-0.15, -0.1) is 0 Å². The Kier molecular flexibility index (Phi) is 4.81. The summed E-state index contributed by atoms with van der Waals surface area (Å²) >= 11 is 0. The van der Waals surface area contributed by atoms with Gasteiger partial charge < -0.3 is 10.6 Å². The number of fused-ring (bicyclic) bond motifs is 1. The Morgan fingerprint density at radius 2 is 1.80 bits per heavy atom. The molecule has 0 saturated carbocycles. The van der Waals surface area contributed by atoms with Gasteiger partial charge in [0.2, 0.25) is 5.91 Å². The molecule has 110 valence electrons. The summed E-state index contributed by atoms with van der Waals surface area (Å²) in [6.45, 7) is 7.23. The molecule has 1 aromatic rings. The number of carbonyl (C=O) groups is 1. The summed E-state index contributed by atoms with van der Waals surface area (Å²) < 4.78 is 0. The van der Waals surface area contributed by atoms with Gasteiger partial charge in [-0.1, -0.05) is 45.0 Å². The highest BCUT2D eigenvalue weighted by atomic mass is 16.2. The molecule has 2 rings (SSSR count). The average molecular weight is 274 g/mol. The first-order chi connectivity index (χ1) is 9.64. The van der Waals surface area contributed by atoms with Crippen LogP contribution in [0, 0.1) is 0 Å². The summed E-state index contributed by atoms with van der Waals surface area (Å²) in [5, 5.41) is 6.64. The molecule has 0 saturated heterocycles. The number of carbonyl (C=O) groups excluding carboxylic acids is 1. The van der Waals surface area contributed by atoms with Crippen molar-refractivity contribution in [3.8, 4) is 0 Å². The zero-order valence-corrected chi connectivity index (χ0v) is 12.8. The lowest BCUT2D eigenvalue weighted by atomic mass is 9.88. The highest BCUT2D eigenvalue weighted by Crippen LogP contribution is 2.21. The summed E-state index contributed by atoms with van der Waals surface area (Å²) in [6.07, 6.45) is 3.73. The molecule has 0 radical (unpaired) electrons. The van der Waals surface area contributed by atoms with E-state index in [0.29, 0.717) is 0 Å². The lowest BCUT2D eigenvalue weighted by molar-refractivity contribution is -0.125. The zero-order valence-electron chi connectivity index (χ0n) is 12.8. The molecule has 0 spiro atoms. The van der Waals surface area contributed by atoms with Crippen LogP contribution in [0.1, 0.15) is 51.2 Å². The minimum absolute atomic E-state index is 0.0459. The van der Waals surface area contributed by atoms with Gasteiger partial charge in [-0.05, 0) is 36.8 Å². The Labute approximate surface area is 122 Å². The third kappa shape index (κ3) is 3.04. The average Bonchev–Trinajstić information content (AvgIpc) is 2.52. The van der Waals surface area contributed by atoms with Crippen molar-refractivity contribution in [2.45, 2.75) is 64.6 Å². The minimum atomic E-state index is -0.103. The standard InChI is InChI=1S/C17H26N2O/c1-4-17(5-2,6-3)19-16(20)15-11-13-9-7-8-10-14(13)12-18-15/h7-10,15,18H,4-6,11-12H2,1-3H3,(H,19,20)/t15-/m1/s1. The van der Waals surface area contributed by atoms with Crippen LogP contribution in [-0.2, 0) is 17.8 Å². The molecule has 0 fully saturated rings. The molecule has 1 atom stereocenters. The summed E-state index contributed by atoms with van der Waals surface area (Å²) in [6, 6.07) is 8.26. The number of amides is 1. The fraction of sp³-hybridized carbons (Fsp3) is 0.588. The number of nitrogens with one attached hydrogen (secondary N) is 2. The molecule has 1 amide bonds. The smallest absolute Gasteiger partial charge is 0.237 e. The van der Waals surface area contributed by atoms with E-state index in [1.165, 1.54) is 11.1 Å². The van der Waals surface area contributed by atoms with Crippen molar-refractivity contribution >= 4 is 5.91 Å². The van der Waals surface area contributed by atoms with Crippen molar-refractivity contribution in [1.29, 1.82) is 0 Å². The van der Waals surface area contributed by atoms with E-state index in [9.17, 15) is 4.79 Å². The maximum Gasteiger partial charge on any atom is 0.237 e. The molecule has 1 aromatic carbocycles. The summed E-state index contributed by atoms with van der Waals surface area (Å²) in [7, 11) is 0. The second kappa shape index (κ2) is 6.40. The molecular formula is C17H26N2O. The van der Waals surface area contributed by atoms with Crippen LogP contribution in [0.15, 0.2) is 24.3 Å². The van der Waals surface area contributed by atoms with E-state index in [2.05, 4.69) is 49.6 Å². The monoisotopic (exact) mass is 274 g/mol. The van der Waals surface area contributed by atoms with Crippen molar-refractivity contribution in [3.63, 3.8) is 0 Å². The fourth-order valence-corrected chi connectivity index (χ4v) is 3.00. The fourth-order valence-electron chi connectivity index (χ4n) is 3.00. The molecule has 20 heavy (non-hydrogen) atoms. The van der Waals surface area contributed by atoms with Gasteiger partial charge in [0.15, 0.2) is 0 Å². The third-order valence-corrected chi connectivity index (χ3v) is 4.82. The zero-order chi connectivity index (χ0) is 14.6. The quantitative estimate of drug-likeness (QED) is 0.867. The Morgan fingerprint density at radius 1 is 1.20 bits per heavy atom. The highest BCUT2D eigenvalue weighted by molar-refractivity contribution is 5.83. The predicted octanol–water partition coefficient (Wildman–Crippen LogP) is 2.79. The van der Waals surface area contributed by atoms with Crippen molar-refractivity contribution < 1.29 is 4.79 Å². The summed E-state index contributed by atoms with van der Waals surface area (Å²) in [5.74, 6) is 0.144. The molecule has 0 unspecified atom stereocenters. The largest absolute Gasteiger partial charge is 0.349 e. The van der Waals surface area contributed by atoms with Crippen LogP contribution < -0.4 is 10.6 Å². The van der Waals surface area contributed by atoms with Crippen LogP contribution in [0.3, 0.4) is 0 Å². The number of rotatable bonds is 5. The van der Waals surface area contributed by atoms with Crippen molar-refractivity contribution in [2.75, 3.05) is 0 Å². The van der Waals surface area contributed by atoms with Crippen LogP contribution in [0.25, 0.3) is 0 Å². The second-order valence-corrected chi connectivity index (χ2v) is 5.74. The van der Waals surface area contributed by atoms with E-state index >= 15 is 0 Å². The summed E-state index contributed by atoms with van der Waals surface area (Å²) in [5.41, 5.74) is 2.56. The molecule has 1 heterocycles. The maximum absolute atomic E-state index is 12.5. The van der Waals surface area contributed by atoms with Crippen LogP contribution in [0.4, 0.5) is 0 Å².